The summed E-state index contributed by atoms with van der Waals surface area (Å²) in [5.74, 6) is -2.31. The molecule has 0 spiro atoms. The number of hydrogen-bond acceptors (Lipinski definition) is 7. The number of nitrogens with one attached hydrogen (secondary N) is 1. The van der Waals surface area contributed by atoms with Crippen molar-refractivity contribution in [3.8, 4) is 22.9 Å². The molecule has 2 bridgehead atoms. The quantitative estimate of drug-likeness (QED) is 0.499. The molecule has 4 aliphatic rings. The molecule has 194 valence electrons. The second kappa shape index (κ2) is 7.88. The number of carbonyl (C=O) groups excluding carboxylic acids is 1. The van der Waals surface area contributed by atoms with E-state index in [9.17, 15) is 27.5 Å². The van der Waals surface area contributed by atoms with Crippen molar-refractivity contribution in [2.24, 2.45) is 0 Å². The smallest absolute Gasteiger partial charge is 0.419 e. The van der Waals surface area contributed by atoms with Crippen LogP contribution in [0, 0.1) is 5.82 Å². The summed E-state index contributed by atoms with van der Waals surface area (Å²) in [6.07, 6.45) is 1.11. The van der Waals surface area contributed by atoms with Crippen LogP contribution in [0.1, 0.15) is 42.9 Å². The summed E-state index contributed by atoms with van der Waals surface area (Å²) in [5, 5.41) is 17.8. The van der Waals surface area contributed by atoms with E-state index in [2.05, 4.69) is 20.4 Å². The Hall–Kier alpha value is -3.74. The van der Waals surface area contributed by atoms with Crippen LogP contribution >= 0.6 is 0 Å². The van der Waals surface area contributed by atoms with Gasteiger partial charge in [0.2, 0.25) is 0 Å². The van der Waals surface area contributed by atoms with Crippen molar-refractivity contribution in [1.82, 2.24) is 25.1 Å². The van der Waals surface area contributed by atoms with E-state index in [1.165, 1.54) is 7.11 Å². The highest BCUT2D eigenvalue weighted by atomic mass is 19.4. The fourth-order valence-corrected chi connectivity index (χ4v) is 5.60. The number of carbonyl (C=O) groups is 1. The highest BCUT2D eigenvalue weighted by Crippen LogP contribution is 2.65. The summed E-state index contributed by atoms with van der Waals surface area (Å²) in [5.41, 5.74) is -0.735. The number of halogens is 4. The Morgan fingerprint density at radius 1 is 1.19 bits per heavy atom. The highest BCUT2D eigenvalue weighted by Gasteiger charge is 2.70. The molecule has 3 aliphatic carbocycles. The van der Waals surface area contributed by atoms with E-state index >= 15 is 0 Å². The van der Waals surface area contributed by atoms with Crippen molar-refractivity contribution in [3.63, 3.8) is 0 Å². The predicted octanol–water partition coefficient (Wildman–Crippen LogP) is 3.14. The van der Waals surface area contributed by atoms with E-state index in [4.69, 9.17) is 9.47 Å². The summed E-state index contributed by atoms with van der Waals surface area (Å²) < 4.78 is 65.4. The van der Waals surface area contributed by atoms with E-state index in [1.54, 1.807) is 18.6 Å². The standard InChI is InChI=1S/C24H21F4N5O4/c1-36-21-29-5-12(6-30-21)13-7-31-33(8-13)23-9-22(10-23,11-23)32-20(35)19-4-17(34)14-2-15(24(26,27)28)16(25)3-18(14)37-19/h2-3,5-8,17,19,34H,4,9-11H2,1H3,(H,32,35)/t17-,19-,22?,23?/m1/s1. The van der Waals surface area contributed by atoms with Crippen LogP contribution in [-0.4, -0.2) is 49.5 Å². The van der Waals surface area contributed by atoms with Gasteiger partial charge in [0.05, 0.1) is 30.5 Å². The summed E-state index contributed by atoms with van der Waals surface area (Å²) in [6.45, 7) is 0. The van der Waals surface area contributed by atoms with Crippen LogP contribution in [0.2, 0.25) is 0 Å². The number of aliphatic hydroxyl groups excluding tert-OH is 1. The molecule has 3 fully saturated rings. The maximum Gasteiger partial charge on any atom is 0.419 e. The number of alkyl halides is 3. The molecule has 0 unspecified atom stereocenters. The van der Waals surface area contributed by atoms with Gasteiger partial charge in [0.25, 0.3) is 5.91 Å². The largest absolute Gasteiger partial charge is 0.480 e. The van der Waals surface area contributed by atoms with Gasteiger partial charge in [-0.05, 0) is 25.3 Å². The third-order valence-corrected chi connectivity index (χ3v) is 7.37. The van der Waals surface area contributed by atoms with Gasteiger partial charge in [-0.25, -0.2) is 14.4 Å². The van der Waals surface area contributed by atoms with Gasteiger partial charge in [0.15, 0.2) is 6.10 Å². The summed E-state index contributed by atoms with van der Waals surface area (Å²) in [7, 11) is 1.48. The lowest BCUT2D eigenvalue weighted by atomic mass is 9.44. The lowest BCUT2D eigenvalue weighted by Gasteiger charge is -2.70. The second-order valence-corrected chi connectivity index (χ2v) is 9.88. The molecule has 37 heavy (non-hydrogen) atoms. The first-order valence-corrected chi connectivity index (χ1v) is 11.5. The minimum atomic E-state index is -4.91. The molecule has 2 atom stereocenters. The van der Waals surface area contributed by atoms with E-state index in [0.29, 0.717) is 31.4 Å². The number of rotatable bonds is 5. The van der Waals surface area contributed by atoms with Gasteiger partial charge in [-0.3, -0.25) is 9.48 Å². The first-order chi connectivity index (χ1) is 17.5. The topological polar surface area (TPSA) is 111 Å². The molecule has 2 N–H and O–H groups in total. The number of methoxy groups -OCH3 is 1. The van der Waals surface area contributed by atoms with Gasteiger partial charge in [-0.1, -0.05) is 0 Å². The minimum absolute atomic E-state index is 0.195. The summed E-state index contributed by atoms with van der Waals surface area (Å²) >= 11 is 0. The average Bonchev–Trinajstić information content (AvgIpc) is 3.29. The Bertz CT molecular complexity index is 1370. The fraction of sp³-hybridized carbons (Fsp3) is 0.417. The third kappa shape index (κ3) is 3.79. The average molecular weight is 519 g/mol. The number of ether oxygens (including phenoxy) is 2. The number of hydrogen-bond donors (Lipinski definition) is 2. The van der Waals surface area contributed by atoms with Crippen LogP contribution in [0.25, 0.3) is 11.1 Å². The molecular formula is C24H21F4N5O4. The molecule has 7 rings (SSSR count). The molecule has 1 aromatic carbocycles. The van der Waals surface area contributed by atoms with Crippen molar-refractivity contribution in [2.75, 3.05) is 7.11 Å². The van der Waals surface area contributed by atoms with Gasteiger partial charge in [0.1, 0.15) is 11.6 Å². The molecule has 0 radical (unpaired) electrons. The van der Waals surface area contributed by atoms with Crippen LogP contribution < -0.4 is 14.8 Å². The molecule has 1 aliphatic heterocycles. The monoisotopic (exact) mass is 519 g/mol. The number of aliphatic hydroxyl groups is 1. The van der Waals surface area contributed by atoms with Crippen LogP contribution in [0.4, 0.5) is 17.6 Å². The zero-order chi connectivity index (χ0) is 26.2. The lowest BCUT2D eigenvalue weighted by molar-refractivity contribution is -0.165. The van der Waals surface area contributed by atoms with Crippen molar-refractivity contribution in [3.05, 3.63) is 53.9 Å². The van der Waals surface area contributed by atoms with Crippen LogP contribution in [0.3, 0.4) is 0 Å². The van der Waals surface area contributed by atoms with Gasteiger partial charge in [0, 0.05) is 53.3 Å². The molecule has 3 aromatic rings. The Morgan fingerprint density at radius 3 is 2.54 bits per heavy atom. The molecule has 1 amide bonds. The second-order valence-electron chi connectivity index (χ2n) is 9.88. The molecule has 0 saturated heterocycles. The van der Waals surface area contributed by atoms with Gasteiger partial charge < -0.3 is 19.9 Å². The number of benzene rings is 1. The summed E-state index contributed by atoms with van der Waals surface area (Å²) in [4.78, 5) is 21.1. The van der Waals surface area contributed by atoms with Crippen molar-refractivity contribution in [1.29, 1.82) is 0 Å². The zero-order valence-corrected chi connectivity index (χ0v) is 19.4. The first-order valence-electron chi connectivity index (χ1n) is 11.5. The van der Waals surface area contributed by atoms with E-state index in [-0.39, 0.29) is 29.3 Å². The zero-order valence-electron chi connectivity index (χ0n) is 19.4. The third-order valence-electron chi connectivity index (χ3n) is 7.37. The molecule has 3 heterocycles. The number of aromatic nitrogens is 4. The molecule has 2 aromatic heterocycles. The SMILES string of the molecule is COc1ncc(-c2cnn(C34CC(NC(=O)[C@H]5C[C@@H](O)c6cc(C(F)(F)F)c(F)cc6O5)(C3)C4)c2)cn1. The van der Waals surface area contributed by atoms with E-state index in [1.807, 2.05) is 10.9 Å². The van der Waals surface area contributed by atoms with Crippen molar-refractivity contribution < 1.29 is 36.9 Å². The van der Waals surface area contributed by atoms with Crippen LogP contribution in [-0.2, 0) is 16.5 Å². The van der Waals surface area contributed by atoms with Crippen LogP contribution in [0.5, 0.6) is 11.8 Å². The number of nitrogens with zero attached hydrogens (tertiary/aromatic N) is 4. The lowest BCUT2D eigenvalue weighted by Crippen LogP contribution is -2.79. The fourth-order valence-electron chi connectivity index (χ4n) is 5.60. The van der Waals surface area contributed by atoms with Gasteiger partial charge >= 0.3 is 12.2 Å². The van der Waals surface area contributed by atoms with Crippen molar-refractivity contribution in [2.45, 2.75) is 55.1 Å². The highest BCUT2D eigenvalue weighted by molar-refractivity contribution is 5.83. The molecule has 3 saturated carbocycles. The maximum atomic E-state index is 14.0. The number of fused-ring (bicyclic) bond motifs is 1. The van der Waals surface area contributed by atoms with Crippen LogP contribution in [0.15, 0.2) is 36.9 Å². The Morgan fingerprint density at radius 2 is 1.89 bits per heavy atom. The molecule has 9 nitrogen and oxygen atoms in total. The maximum absolute atomic E-state index is 14.0. The Labute approximate surface area is 207 Å². The van der Waals surface area contributed by atoms with Gasteiger partial charge in [-0.2, -0.15) is 18.3 Å². The first kappa shape index (κ1) is 23.6. The van der Waals surface area contributed by atoms with Gasteiger partial charge in [-0.15, -0.1) is 0 Å². The predicted molar refractivity (Wildman–Crippen MR) is 118 cm³/mol. The Balaban J connectivity index is 1.10. The van der Waals surface area contributed by atoms with Crippen molar-refractivity contribution >= 4 is 5.91 Å². The number of amides is 1. The normalized spacial score (nSPS) is 27.8. The van der Waals surface area contributed by atoms with E-state index in [0.717, 1.165) is 11.1 Å². The minimum Gasteiger partial charge on any atom is -0.480 e. The van der Waals surface area contributed by atoms with E-state index < -0.39 is 41.2 Å². The molecular weight excluding hydrogens is 498 g/mol. The Kier molecular flexibility index (Phi) is 5.03. The molecule has 13 heteroatoms. The summed E-state index contributed by atoms with van der Waals surface area (Å²) in [6, 6.07) is 1.37.